The van der Waals surface area contributed by atoms with Gasteiger partial charge in [-0.05, 0) is 6.07 Å². The Morgan fingerprint density at radius 3 is 2.71 bits per heavy atom. The van der Waals surface area contributed by atoms with Crippen molar-refractivity contribution in [3.63, 3.8) is 0 Å². The molecule has 0 radical (unpaired) electrons. The predicted octanol–water partition coefficient (Wildman–Crippen LogP) is 1.22. The number of guanidine groups is 1. The number of nitrogens with zero attached hydrogens (tertiary/aromatic N) is 1. The van der Waals surface area contributed by atoms with E-state index in [9.17, 15) is 4.79 Å². The largest absolute Gasteiger partial charge is 0.370 e. The Hall–Kier alpha value is -2.01. The summed E-state index contributed by atoms with van der Waals surface area (Å²) in [4.78, 5) is 11.7. The lowest BCUT2D eigenvalue weighted by Crippen LogP contribution is -2.35. The first-order chi connectivity index (χ1) is 7.59. The molecule has 0 saturated heterocycles. The van der Waals surface area contributed by atoms with E-state index in [-0.39, 0.29) is 24.3 Å². The Balaban J connectivity index is 0.00000144. The third kappa shape index (κ3) is 2.39. The fourth-order valence-corrected chi connectivity index (χ4v) is 1.71. The molecule has 6 heteroatoms. The molecule has 0 saturated carbocycles. The topological polar surface area (TPSA) is 83.9 Å². The Kier molecular flexibility index (Phi) is 3.75. The van der Waals surface area contributed by atoms with Gasteiger partial charge in [0.05, 0.1) is 5.56 Å². The lowest BCUT2D eigenvalue weighted by atomic mass is 10.1. The summed E-state index contributed by atoms with van der Waals surface area (Å²) >= 11 is 0. The number of rotatable bonds is 1. The molecule has 0 aliphatic heterocycles. The number of amides is 1. The number of hydrogen-bond acceptors (Lipinski definition) is 2. The zero-order chi connectivity index (χ0) is 11.7. The molecule has 0 aliphatic carbocycles. The van der Waals surface area contributed by atoms with E-state index >= 15 is 0 Å². The van der Waals surface area contributed by atoms with Crippen molar-refractivity contribution >= 4 is 35.2 Å². The highest BCUT2D eigenvalue weighted by Gasteiger charge is 2.13. The molecule has 1 amide bonds. The Morgan fingerprint density at radius 1 is 1.41 bits per heavy atom. The number of hydrogen-bond donors (Lipinski definition) is 3. The highest BCUT2D eigenvalue weighted by Crippen LogP contribution is 2.19. The van der Waals surface area contributed by atoms with Crippen LogP contribution in [-0.2, 0) is 7.05 Å². The molecule has 0 bridgehead atoms. The Bertz CT molecular complexity index is 576. The number of nitrogens with one attached hydrogen (secondary N) is 2. The van der Waals surface area contributed by atoms with Crippen molar-refractivity contribution in [1.82, 2.24) is 9.88 Å². The van der Waals surface area contributed by atoms with Crippen LogP contribution in [0.3, 0.4) is 0 Å². The van der Waals surface area contributed by atoms with E-state index in [0.29, 0.717) is 5.56 Å². The third-order valence-electron chi connectivity index (χ3n) is 2.39. The summed E-state index contributed by atoms with van der Waals surface area (Å²) < 4.78 is 1.87. The molecule has 0 unspecified atom stereocenters. The smallest absolute Gasteiger partial charge is 0.260 e. The van der Waals surface area contributed by atoms with E-state index in [1.807, 2.05) is 35.9 Å². The van der Waals surface area contributed by atoms with Crippen molar-refractivity contribution in [1.29, 1.82) is 5.41 Å². The number of aryl methyl sites for hydroxylation is 1. The molecule has 1 heterocycles. The number of benzene rings is 1. The summed E-state index contributed by atoms with van der Waals surface area (Å²) in [5, 5.41) is 10.2. The molecule has 17 heavy (non-hydrogen) atoms. The van der Waals surface area contributed by atoms with Gasteiger partial charge in [-0.1, -0.05) is 18.2 Å². The van der Waals surface area contributed by atoms with Crippen molar-refractivity contribution < 1.29 is 4.79 Å². The fraction of sp³-hybridized carbons (Fsp3) is 0.0909. The first-order valence-electron chi connectivity index (χ1n) is 4.79. The summed E-state index contributed by atoms with van der Waals surface area (Å²) in [6, 6.07) is 7.58. The van der Waals surface area contributed by atoms with Gasteiger partial charge in [0.15, 0.2) is 5.96 Å². The maximum atomic E-state index is 11.7. The van der Waals surface area contributed by atoms with Crippen molar-refractivity contribution in [2.75, 3.05) is 0 Å². The van der Waals surface area contributed by atoms with Gasteiger partial charge in [0, 0.05) is 24.1 Å². The standard InChI is InChI=1S/C11H12N4O.ClH/c1-15-6-8(10(16)14-11(12)13)7-4-2-3-5-9(7)15;/h2-6H,1H3,(H4,12,13,14,16);1H. The van der Waals surface area contributed by atoms with Gasteiger partial charge in [0.2, 0.25) is 0 Å². The monoisotopic (exact) mass is 252 g/mol. The van der Waals surface area contributed by atoms with Crippen LogP contribution in [0.2, 0.25) is 0 Å². The minimum atomic E-state index is -0.357. The molecule has 90 valence electrons. The number of halogens is 1. The molecule has 0 fully saturated rings. The van der Waals surface area contributed by atoms with Crippen LogP contribution in [0.25, 0.3) is 10.9 Å². The predicted molar refractivity (Wildman–Crippen MR) is 69.5 cm³/mol. The van der Waals surface area contributed by atoms with Crippen molar-refractivity contribution in [2.24, 2.45) is 12.8 Å². The Labute approximate surface area is 105 Å². The van der Waals surface area contributed by atoms with E-state index in [1.165, 1.54) is 0 Å². The lowest BCUT2D eigenvalue weighted by Gasteiger charge is -2.00. The molecule has 2 rings (SSSR count). The second kappa shape index (κ2) is 4.88. The minimum absolute atomic E-state index is 0. The third-order valence-corrected chi connectivity index (χ3v) is 2.39. The maximum absolute atomic E-state index is 11.7. The number of fused-ring (bicyclic) bond motifs is 1. The van der Waals surface area contributed by atoms with Crippen LogP contribution in [-0.4, -0.2) is 16.4 Å². The number of aromatic nitrogens is 1. The molecule has 0 spiro atoms. The first kappa shape index (κ1) is 13.1. The lowest BCUT2D eigenvalue weighted by molar-refractivity contribution is 0.0978. The van der Waals surface area contributed by atoms with Gasteiger partial charge in [0.1, 0.15) is 0 Å². The summed E-state index contributed by atoms with van der Waals surface area (Å²) in [5.41, 5.74) is 6.62. The van der Waals surface area contributed by atoms with Crippen LogP contribution in [0.1, 0.15) is 10.4 Å². The van der Waals surface area contributed by atoms with Crippen LogP contribution in [0.15, 0.2) is 30.5 Å². The summed E-state index contributed by atoms with van der Waals surface area (Å²) in [5.74, 6) is -0.706. The van der Waals surface area contributed by atoms with Crippen molar-refractivity contribution in [3.8, 4) is 0 Å². The zero-order valence-electron chi connectivity index (χ0n) is 9.23. The van der Waals surface area contributed by atoms with Crippen LogP contribution < -0.4 is 11.1 Å². The SMILES string of the molecule is Cl.Cn1cc(C(=O)NC(=N)N)c2ccccc21. The summed E-state index contributed by atoms with van der Waals surface area (Å²) in [6.07, 6.45) is 1.73. The van der Waals surface area contributed by atoms with Crippen molar-refractivity contribution in [3.05, 3.63) is 36.0 Å². The molecule has 1 aromatic heterocycles. The Morgan fingerprint density at radius 2 is 2.06 bits per heavy atom. The molecule has 4 N–H and O–H groups in total. The summed E-state index contributed by atoms with van der Waals surface area (Å²) in [6.45, 7) is 0. The first-order valence-corrected chi connectivity index (χ1v) is 4.79. The molecular formula is C11H13ClN4O. The normalized spacial score (nSPS) is 9.71. The van der Waals surface area contributed by atoms with E-state index in [1.54, 1.807) is 6.20 Å². The van der Waals surface area contributed by atoms with Gasteiger partial charge in [-0.3, -0.25) is 15.5 Å². The fourth-order valence-electron chi connectivity index (χ4n) is 1.71. The molecule has 5 nitrogen and oxygen atoms in total. The number of carbonyl (C=O) groups is 1. The number of para-hydroxylation sites is 1. The zero-order valence-corrected chi connectivity index (χ0v) is 10.0. The molecule has 2 aromatic rings. The summed E-state index contributed by atoms with van der Waals surface area (Å²) in [7, 11) is 1.87. The average molecular weight is 253 g/mol. The van der Waals surface area contributed by atoms with Gasteiger partial charge in [-0.15, -0.1) is 12.4 Å². The second-order valence-corrected chi connectivity index (χ2v) is 3.54. The van der Waals surface area contributed by atoms with Gasteiger partial charge < -0.3 is 10.3 Å². The van der Waals surface area contributed by atoms with Crippen LogP contribution >= 0.6 is 12.4 Å². The molecule has 1 aromatic carbocycles. The number of nitrogens with two attached hydrogens (primary N) is 1. The quantitative estimate of drug-likeness (QED) is 0.527. The van der Waals surface area contributed by atoms with Crippen molar-refractivity contribution in [2.45, 2.75) is 0 Å². The van der Waals surface area contributed by atoms with E-state index < -0.39 is 0 Å². The average Bonchev–Trinajstić information content (AvgIpc) is 2.56. The second-order valence-electron chi connectivity index (χ2n) is 3.54. The highest BCUT2D eigenvalue weighted by atomic mass is 35.5. The molecule has 0 aliphatic rings. The van der Waals surface area contributed by atoms with E-state index in [4.69, 9.17) is 11.1 Å². The molecular weight excluding hydrogens is 240 g/mol. The van der Waals surface area contributed by atoms with Gasteiger partial charge in [-0.2, -0.15) is 0 Å². The molecule has 0 atom stereocenters. The number of carbonyl (C=O) groups excluding carboxylic acids is 1. The van der Waals surface area contributed by atoms with Gasteiger partial charge >= 0.3 is 0 Å². The van der Waals surface area contributed by atoms with Crippen LogP contribution in [0.4, 0.5) is 0 Å². The van der Waals surface area contributed by atoms with E-state index in [0.717, 1.165) is 10.9 Å². The maximum Gasteiger partial charge on any atom is 0.260 e. The minimum Gasteiger partial charge on any atom is -0.370 e. The van der Waals surface area contributed by atoms with Crippen LogP contribution in [0.5, 0.6) is 0 Å². The van der Waals surface area contributed by atoms with Gasteiger partial charge in [-0.25, -0.2) is 0 Å². The van der Waals surface area contributed by atoms with Gasteiger partial charge in [0.25, 0.3) is 5.91 Å². The van der Waals surface area contributed by atoms with E-state index in [2.05, 4.69) is 5.32 Å². The van der Waals surface area contributed by atoms with Crippen LogP contribution in [0, 0.1) is 5.41 Å². The highest BCUT2D eigenvalue weighted by molar-refractivity contribution is 6.12.